The van der Waals surface area contributed by atoms with E-state index in [4.69, 9.17) is 0 Å². The van der Waals surface area contributed by atoms with E-state index in [-0.39, 0.29) is 21.8 Å². The maximum atomic E-state index is 12.7. The molecule has 0 N–H and O–H groups in total. The monoisotopic (exact) mass is 371 g/mol. The molecule has 0 aromatic heterocycles. The van der Waals surface area contributed by atoms with Gasteiger partial charge < -0.3 is 9.80 Å². The van der Waals surface area contributed by atoms with Crippen molar-refractivity contribution in [3.8, 4) is 0 Å². The Morgan fingerprint density at radius 3 is 2.31 bits per heavy atom. The SMILES string of the molecule is CC(Sc1ccccc1)C(=O)N1CCN(c2ccccc2[N+](=O)[O-])CC1. The molecule has 1 fully saturated rings. The van der Waals surface area contributed by atoms with E-state index in [1.54, 1.807) is 30.0 Å². The molecule has 0 saturated carbocycles. The Kier molecular flexibility index (Phi) is 5.78. The van der Waals surface area contributed by atoms with Crippen molar-refractivity contribution >= 4 is 29.0 Å². The van der Waals surface area contributed by atoms with E-state index in [1.165, 1.54) is 6.07 Å². The van der Waals surface area contributed by atoms with Crippen LogP contribution in [0.15, 0.2) is 59.5 Å². The molecule has 0 bridgehead atoms. The molecular weight excluding hydrogens is 350 g/mol. The van der Waals surface area contributed by atoms with Gasteiger partial charge in [0.05, 0.1) is 10.2 Å². The second-order valence-corrected chi connectivity index (χ2v) is 7.55. The highest BCUT2D eigenvalue weighted by Gasteiger charge is 2.27. The van der Waals surface area contributed by atoms with Crippen LogP contribution in [0.2, 0.25) is 0 Å². The van der Waals surface area contributed by atoms with Crippen molar-refractivity contribution in [3.63, 3.8) is 0 Å². The van der Waals surface area contributed by atoms with Gasteiger partial charge in [-0.1, -0.05) is 30.3 Å². The van der Waals surface area contributed by atoms with Crippen molar-refractivity contribution in [2.24, 2.45) is 0 Å². The Labute approximate surface area is 156 Å². The second-order valence-electron chi connectivity index (χ2n) is 6.13. The van der Waals surface area contributed by atoms with Gasteiger partial charge in [0.25, 0.3) is 5.69 Å². The predicted octanol–water partition coefficient (Wildman–Crippen LogP) is 3.42. The average molecular weight is 371 g/mol. The number of benzene rings is 2. The van der Waals surface area contributed by atoms with E-state index >= 15 is 0 Å². The first-order valence-electron chi connectivity index (χ1n) is 8.55. The summed E-state index contributed by atoms with van der Waals surface area (Å²) in [6, 6.07) is 16.6. The molecule has 3 rings (SSSR count). The molecule has 1 atom stereocenters. The summed E-state index contributed by atoms with van der Waals surface area (Å²) in [5, 5.41) is 11.1. The minimum atomic E-state index is -0.356. The lowest BCUT2D eigenvalue weighted by Gasteiger charge is -2.36. The summed E-state index contributed by atoms with van der Waals surface area (Å²) in [5.74, 6) is 0.112. The molecule has 0 radical (unpaired) electrons. The number of nitrogens with zero attached hydrogens (tertiary/aromatic N) is 3. The number of anilines is 1. The summed E-state index contributed by atoms with van der Waals surface area (Å²) in [6.45, 7) is 4.27. The average Bonchev–Trinajstić information content (AvgIpc) is 2.68. The van der Waals surface area contributed by atoms with Crippen molar-refractivity contribution < 1.29 is 9.72 Å². The molecule has 2 aromatic carbocycles. The smallest absolute Gasteiger partial charge is 0.292 e. The van der Waals surface area contributed by atoms with Gasteiger partial charge in [-0.2, -0.15) is 0 Å². The lowest BCUT2D eigenvalue weighted by Crippen LogP contribution is -2.50. The van der Waals surface area contributed by atoms with Crippen LogP contribution in [0.3, 0.4) is 0 Å². The maximum Gasteiger partial charge on any atom is 0.292 e. The highest BCUT2D eigenvalue weighted by atomic mass is 32.2. The van der Waals surface area contributed by atoms with E-state index in [0.29, 0.717) is 31.9 Å². The zero-order chi connectivity index (χ0) is 18.5. The van der Waals surface area contributed by atoms with Crippen molar-refractivity contribution in [1.29, 1.82) is 0 Å². The van der Waals surface area contributed by atoms with Crippen LogP contribution in [0.4, 0.5) is 11.4 Å². The van der Waals surface area contributed by atoms with Crippen molar-refractivity contribution in [2.45, 2.75) is 17.1 Å². The lowest BCUT2D eigenvalue weighted by molar-refractivity contribution is -0.384. The van der Waals surface area contributed by atoms with Crippen LogP contribution >= 0.6 is 11.8 Å². The van der Waals surface area contributed by atoms with E-state index in [9.17, 15) is 14.9 Å². The van der Waals surface area contributed by atoms with Gasteiger partial charge in [-0.15, -0.1) is 11.8 Å². The molecule has 1 heterocycles. The standard InChI is InChI=1S/C19H21N3O3S/c1-15(26-16-7-3-2-4-8-16)19(23)21-13-11-20(12-14-21)17-9-5-6-10-18(17)22(24)25/h2-10,15H,11-14H2,1H3. The van der Waals surface area contributed by atoms with E-state index in [2.05, 4.69) is 0 Å². The number of hydrogen-bond donors (Lipinski definition) is 0. The number of piperazine rings is 1. The van der Waals surface area contributed by atoms with Gasteiger partial charge in [0, 0.05) is 37.1 Å². The molecule has 7 heteroatoms. The Hall–Kier alpha value is -2.54. The molecule has 26 heavy (non-hydrogen) atoms. The summed E-state index contributed by atoms with van der Waals surface area (Å²) >= 11 is 1.55. The Morgan fingerprint density at radius 2 is 1.65 bits per heavy atom. The second kappa shape index (κ2) is 8.23. The first kappa shape index (κ1) is 18.3. The lowest BCUT2D eigenvalue weighted by atomic mass is 10.2. The molecule has 1 unspecified atom stereocenters. The van der Waals surface area contributed by atoms with E-state index in [0.717, 1.165) is 4.90 Å². The molecule has 136 valence electrons. The number of amides is 1. The van der Waals surface area contributed by atoms with Crippen LogP contribution in [0, 0.1) is 10.1 Å². The molecule has 6 nitrogen and oxygen atoms in total. The number of nitro groups is 1. The highest BCUT2D eigenvalue weighted by Crippen LogP contribution is 2.29. The summed E-state index contributed by atoms with van der Waals surface area (Å²) in [7, 11) is 0. The van der Waals surface area contributed by atoms with Crippen molar-refractivity contribution in [2.75, 3.05) is 31.1 Å². The molecular formula is C19H21N3O3S. The number of thioether (sulfide) groups is 1. The zero-order valence-corrected chi connectivity index (χ0v) is 15.4. The fourth-order valence-corrected chi connectivity index (χ4v) is 4.04. The van der Waals surface area contributed by atoms with Crippen LogP contribution in [0.1, 0.15) is 6.92 Å². The Bertz CT molecular complexity index is 777. The van der Waals surface area contributed by atoms with Gasteiger partial charge in [0.2, 0.25) is 5.91 Å². The molecule has 0 aliphatic carbocycles. The van der Waals surface area contributed by atoms with Crippen molar-refractivity contribution in [3.05, 3.63) is 64.7 Å². The van der Waals surface area contributed by atoms with Crippen LogP contribution in [0.25, 0.3) is 0 Å². The number of hydrogen-bond acceptors (Lipinski definition) is 5. The maximum absolute atomic E-state index is 12.7. The quantitative estimate of drug-likeness (QED) is 0.458. The fourth-order valence-electron chi connectivity index (χ4n) is 3.06. The molecule has 0 spiro atoms. The zero-order valence-electron chi connectivity index (χ0n) is 14.6. The van der Waals surface area contributed by atoms with Crippen LogP contribution < -0.4 is 4.90 Å². The topological polar surface area (TPSA) is 66.7 Å². The number of para-hydroxylation sites is 2. The summed E-state index contributed by atoms with van der Waals surface area (Å²) in [4.78, 5) is 28.5. The minimum Gasteiger partial charge on any atom is -0.362 e. The fraction of sp³-hybridized carbons (Fsp3) is 0.316. The van der Waals surface area contributed by atoms with Crippen LogP contribution in [0.5, 0.6) is 0 Å². The van der Waals surface area contributed by atoms with Gasteiger partial charge in [-0.25, -0.2) is 0 Å². The third-order valence-electron chi connectivity index (χ3n) is 4.41. The molecule has 1 amide bonds. The van der Waals surface area contributed by atoms with Crippen molar-refractivity contribution in [1.82, 2.24) is 4.90 Å². The number of carbonyl (C=O) groups is 1. The van der Waals surface area contributed by atoms with E-state index < -0.39 is 0 Å². The number of rotatable bonds is 5. The third-order valence-corrected chi connectivity index (χ3v) is 5.51. The molecule has 1 aliphatic heterocycles. The Morgan fingerprint density at radius 1 is 1.04 bits per heavy atom. The highest BCUT2D eigenvalue weighted by molar-refractivity contribution is 8.00. The molecule has 1 saturated heterocycles. The molecule has 2 aromatic rings. The first-order valence-corrected chi connectivity index (χ1v) is 9.43. The van der Waals surface area contributed by atoms with Crippen LogP contribution in [-0.2, 0) is 4.79 Å². The minimum absolute atomic E-state index is 0.111. The summed E-state index contributed by atoms with van der Waals surface area (Å²) in [6.07, 6.45) is 0. The number of nitro benzene ring substituents is 1. The number of carbonyl (C=O) groups excluding carboxylic acids is 1. The third kappa shape index (κ3) is 4.16. The van der Waals surface area contributed by atoms with E-state index in [1.807, 2.05) is 47.1 Å². The first-order chi connectivity index (χ1) is 12.6. The van der Waals surface area contributed by atoms with Gasteiger partial charge in [-0.05, 0) is 25.1 Å². The largest absolute Gasteiger partial charge is 0.362 e. The van der Waals surface area contributed by atoms with Gasteiger partial charge in [0.1, 0.15) is 5.69 Å². The summed E-state index contributed by atoms with van der Waals surface area (Å²) < 4.78 is 0. The Balaban J connectivity index is 1.60. The van der Waals surface area contributed by atoms with Gasteiger partial charge in [0.15, 0.2) is 0 Å². The van der Waals surface area contributed by atoms with Gasteiger partial charge in [-0.3, -0.25) is 14.9 Å². The molecule has 1 aliphatic rings. The summed E-state index contributed by atoms with van der Waals surface area (Å²) in [5.41, 5.74) is 0.733. The normalized spacial score (nSPS) is 15.6. The van der Waals surface area contributed by atoms with Crippen LogP contribution in [-0.4, -0.2) is 47.2 Å². The predicted molar refractivity (Wildman–Crippen MR) is 104 cm³/mol. The van der Waals surface area contributed by atoms with Gasteiger partial charge >= 0.3 is 0 Å².